The topological polar surface area (TPSA) is 4.93 Å². The van der Waals surface area contributed by atoms with Gasteiger partial charge in [0.2, 0.25) is 0 Å². The van der Waals surface area contributed by atoms with Crippen LogP contribution in [0.15, 0.2) is 12.3 Å². The van der Waals surface area contributed by atoms with Gasteiger partial charge >= 0.3 is 0 Å². The second-order valence-corrected chi connectivity index (χ2v) is 5.05. The van der Waals surface area contributed by atoms with Gasteiger partial charge in [0.15, 0.2) is 0 Å². The molecule has 0 amide bonds. The van der Waals surface area contributed by atoms with E-state index in [1.807, 2.05) is 0 Å². The predicted molar refractivity (Wildman–Crippen MR) is 58.3 cm³/mol. The lowest BCUT2D eigenvalue weighted by molar-refractivity contribution is 0.389. The van der Waals surface area contributed by atoms with Gasteiger partial charge in [-0.3, -0.25) is 0 Å². The molecule has 1 rings (SSSR count). The maximum absolute atomic E-state index is 2.35. The fourth-order valence-electron chi connectivity index (χ4n) is 1.86. The summed E-state index contributed by atoms with van der Waals surface area (Å²) in [6.45, 7) is 13.4. The first-order chi connectivity index (χ1) is 5.84. The van der Waals surface area contributed by atoms with Gasteiger partial charge in [-0.25, -0.2) is 0 Å². The van der Waals surface area contributed by atoms with Crippen LogP contribution in [0.2, 0.25) is 0 Å². The van der Waals surface area contributed by atoms with Crippen LogP contribution < -0.4 is 0 Å². The van der Waals surface area contributed by atoms with E-state index in [2.05, 4.69) is 58.4 Å². The molecule has 0 radical (unpaired) electrons. The molecule has 0 aromatic carbocycles. The highest BCUT2D eigenvalue weighted by molar-refractivity contribution is 5.25. The molecule has 0 aliphatic heterocycles. The van der Waals surface area contributed by atoms with Crippen LogP contribution in [0.25, 0.3) is 0 Å². The van der Waals surface area contributed by atoms with Gasteiger partial charge in [0, 0.05) is 17.4 Å². The quantitative estimate of drug-likeness (QED) is 0.620. The molecule has 0 aliphatic carbocycles. The summed E-state index contributed by atoms with van der Waals surface area (Å²) in [7, 11) is 0. The van der Waals surface area contributed by atoms with E-state index >= 15 is 0 Å². The molecule has 0 N–H and O–H groups in total. The zero-order chi connectivity index (χ0) is 10.2. The monoisotopic (exact) mass is 179 g/mol. The number of nitrogens with zero attached hydrogens (tertiary/aromatic N) is 1. The van der Waals surface area contributed by atoms with E-state index in [1.165, 1.54) is 11.3 Å². The third kappa shape index (κ3) is 1.96. The fraction of sp³-hybridized carbons (Fsp3) is 0.667. The third-order valence-corrected chi connectivity index (χ3v) is 2.53. The van der Waals surface area contributed by atoms with Crippen LogP contribution in [0.4, 0.5) is 0 Å². The van der Waals surface area contributed by atoms with Crippen LogP contribution in [0, 0.1) is 6.92 Å². The van der Waals surface area contributed by atoms with E-state index in [4.69, 9.17) is 0 Å². The summed E-state index contributed by atoms with van der Waals surface area (Å²) >= 11 is 0. The minimum absolute atomic E-state index is 0.206. The number of hydrogen-bond donors (Lipinski definition) is 0. The van der Waals surface area contributed by atoms with Crippen molar-refractivity contribution >= 4 is 0 Å². The average molecular weight is 179 g/mol. The highest BCUT2D eigenvalue weighted by Gasteiger charge is 2.17. The van der Waals surface area contributed by atoms with Crippen LogP contribution in [-0.4, -0.2) is 4.57 Å². The molecular formula is C12H21N. The fourth-order valence-corrected chi connectivity index (χ4v) is 1.86. The number of aromatic nitrogens is 1. The summed E-state index contributed by atoms with van der Waals surface area (Å²) in [6, 6.07) is 2.24. The summed E-state index contributed by atoms with van der Waals surface area (Å²) < 4.78 is 2.35. The Morgan fingerprint density at radius 1 is 1.23 bits per heavy atom. The predicted octanol–water partition coefficient (Wildman–Crippen LogP) is 3.67. The molecule has 1 heterocycles. The molecule has 1 nitrogen and oxygen atoms in total. The molecule has 0 saturated carbocycles. The Balaban J connectivity index is 3.14. The van der Waals surface area contributed by atoms with Crippen molar-refractivity contribution in [2.24, 2.45) is 0 Å². The molecule has 1 aromatic heterocycles. The van der Waals surface area contributed by atoms with Crippen molar-refractivity contribution in [1.29, 1.82) is 0 Å². The summed E-state index contributed by atoms with van der Waals surface area (Å²) in [4.78, 5) is 0. The van der Waals surface area contributed by atoms with Gasteiger partial charge in [-0.15, -0.1) is 0 Å². The highest BCUT2D eigenvalue weighted by atomic mass is 15.0. The van der Waals surface area contributed by atoms with Crippen LogP contribution in [-0.2, 0) is 5.54 Å². The standard InChI is InChI=1S/C12H21N/c1-9(2)11-7-8-13(10(11)3)12(4,5)6/h7-9H,1-6H3. The number of hydrogen-bond acceptors (Lipinski definition) is 0. The van der Waals surface area contributed by atoms with Crippen molar-refractivity contribution < 1.29 is 0 Å². The molecule has 0 unspecified atom stereocenters. The lowest BCUT2D eigenvalue weighted by Gasteiger charge is -2.24. The van der Waals surface area contributed by atoms with Gasteiger partial charge in [-0.2, -0.15) is 0 Å². The zero-order valence-corrected chi connectivity index (χ0v) is 9.68. The first kappa shape index (κ1) is 10.4. The first-order valence-electron chi connectivity index (χ1n) is 5.02. The van der Waals surface area contributed by atoms with Crippen LogP contribution in [0.1, 0.15) is 51.8 Å². The maximum Gasteiger partial charge on any atom is 0.0358 e. The van der Waals surface area contributed by atoms with Gasteiger partial charge in [-0.05, 0) is 45.2 Å². The van der Waals surface area contributed by atoms with Crippen molar-refractivity contribution in [3.8, 4) is 0 Å². The van der Waals surface area contributed by atoms with Gasteiger partial charge in [0.1, 0.15) is 0 Å². The Hall–Kier alpha value is -0.720. The SMILES string of the molecule is Cc1c(C(C)C)ccn1C(C)(C)C. The van der Waals surface area contributed by atoms with E-state index in [0.29, 0.717) is 5.92 Å². The minimum atomic E-state index is 0.206. The van der Waals surface area contributed by atoms with E-state index in [9.17, 15) is 0 Å². The minimum Gasteiger partial charge on any atom is -0.346 e. The second kappa shape index (κ2) is 3.21. The first-order valence-corrected chi connectivity index (χ1v) is 5.02. The largest absolute Gasteiger partial charge is 0.346 e. The lowest BCUT2D eigenvalue weighted by atomic mass is 10.0. The molecule has 13 heavy (non-hydrogen) atoms. The molecule has 0 saturated heterocycles. The molecule has 0 bridgehead atoms. The van der Waals surface area contributed by atoms with Crippen LogP contribution in [0.3, 0.4) is 0 Å². The summed E-state index contributed by atoms with van der Waals surface area (Å²) in [6.07, 6.45) is 2.20. The Bertz CT molecular complexity index is 287. The van der Waals surface area contributed by atoms with E-state index in [-0.39, 0.29) is 5.54 Å². The Morgan fingerprint density at radius 3 is 2.00 bits per heavy atom. The van der Waals surface area contributed by atoms with Gasteiger partial charge in [0.25, 0.3) is 0 Å². The van der Waals surface area contributed by atoms with Crippen molar-refractivity contribution in [1.82, 2.24) is 4.57 Å². The maximum atomic E-state index is 2.35. The molecule has 1 heteroatoms. The molecule has 0 aliphatic rings. The van der Waals surface area contributed by atoms with Gasteiger partial charge in [-0.1, -0.05) is 13.8 Å². The second-order valence-electron chi connectivity index (χ2n) is 5.05. The van der Waals surface area contributed by atoms with E-state index in [1.54, 1.807) is 0 Å². The van der Waals surface area contributed by atoms with Gasteiger partial charge < -0.3 is 4.57 Å². The highest BCUT2D eigenvalue weighted by Crippen LogP contribution is 2.25. The van der Waals surface area contributed by atoms with Crippen molar-refractivity contribution in [3.63, 3.8) is 0 Å². The summed E-state index contributed by atoms with van der Waals surface area (Å²) in [5, 5.41) is 0. The summed E-state index contributed by atoms with van der Waals surface area (Å²) in [5.74, 6) is 0.628. The van der Waals surface area contributed by atoms with Crippen molar-refractivity contribution in [3.05, 3.63) is 23.5 Å². The molecule has 74 valence electrons. The van der Waals surface area contributed by atoms with Crippen molar-refractivity contribution in [2.45, 2.75) is 53.0 Å². The normalized spacial score (nSPS) is 12.5. The van der Waals surface area contributed by atoms with Crippen LogP contribution >= 0.6 is 0 Å². The zero-order valence-electron chi connectivity index (χ0n) is 9.68. The Kier molecular flexibility index (Phi) is 2.56. The summed E-state index contributed by atoms with van der Waals surface area (Å²) in [5.41, 5.74) is 3.08. The molecule has 0 atom stereocenters. The van der Waals surface area contributed by atoms with E-state index in [0.717, 1.165) is 0 Å². The smallest absolute Gasteiger partial charge is 0.0358 e. The number of rotatable bonds is 1. The van der Waals surface area contributed by atoms with Crippen LogP contribution in [0.5, 0.6) is 0 Å². The Labute approximate surface area is 81.8 Å². The molecule has 1 aromatic rings. The van der Waals surface area contributed by atoms with Gasteiger partial charge in [0.05, 0.1) is 0 Å². The molecule has 0 fully saturated rings. The van der Waals surface area contributed by atoms with E-state index < -0.39 is 0 Å². The Morgan fingerprint density at radius 2 is 1.77 bits per heavy atom. The van der Waals surface area contributed by atoms with Crippen molar-refractivity contribution in [2.75, 3.05) is 0 Å². The third-order valence-electron chi connectivity index (χ3n) is 2.53. The average Bonchev–Trinajstić information content (AvgIpc) is 2.28. The molecular weight excluding hydrogens is 158 g/mol. The lowest BCUT2D eigenvalue weighted by Crippen LogP contribution is -2.22. The molecule has 0 spiro atoms.